The van der Waals surface area contributed by atoms with Gasteiger partial charge < -0.3 is 61.5 Å². The Morgan fingerprint density at radius 2 is 1.11 bits per heavy atom. The van der Waals surface area contributed by atoms with Gasteiger partial charge in [-0.1, -0.05) is 21.6 Å². The maximum atomic E-state index is 14.2. The number of carbonyl (C=O) groups excluding carboxylic acids is 6. The Morgan fingerprint density at radius 3 is 1.45 bits per heavy atom. The van der Waals surface area contributed by atoms with E-state index >= 15 is 0 Å². The van der Waals surface area contributed by atoms with E-state index in [1.54, 1.807) is 35.4 Å². The molecule has 2 amide bonds. The Kier molecular flexibility index (Phi) is 8.86. The lowest BCUT2D eigenvalue weighted by Crippen LogP contribution is -2.55. The van der Waals surface area contributed by atoms with Gasteiger partial charge in [0.2, 0.25) is 23.1 Å². The molecular weight excluding hydrogens is 769 g/mol. The summed E-state index contributed by atoms with van der Waals surface area (Å²) in [7, 11) is 6.38. The summed E-state index contributed by atoms with van der Waals surface area (Å²) in [6, 6.07) is -0.0657. The number of amides is 2. The number of hydrogen-bond donors (Lipinski definition) is 6. The molecule has 7 heterocycles. The second-order valence-corrected chi connectivity index (χ2v) is 18.5. The summed E-state index contributed by atoms with van der Waals surface area (Å²) in [6.07, 6.45) is -0.373. The number of ketones is 4. The van der Waals surface area contributed by atoms with Gasteiger partial charge in [0.25, 0.3) is 0 Å². The first kappa shape index (κ1) is 37.5. The zero-order valence-corrected chi connectivity index (χ0v) is 32.9. The van der Waals surface area contributed by atoms with Crippen molar-refractivity contribution in [3.63, 3.8) is 0 Å². The van der Waals surface area contributed by atoms with E-state index in [1.807, 2.05) is 9.80 Å². The Labute approximate surface area is 329 Å². The number of nitrogens with zero attached hydrogens (tertiary/aromatic N) is 2. The van der Waals surface area contributed by atoms with Gasteiger partial charge in [0.1, 0.15) is 13.2 Å². The van der Waals surface area contributed by atoms with Crippen LogP contribution in [0.25, 0.3) is 0 Å². The van der Waals surface area contributed by atoms with Crippen LogP contribution in [0.1, 0.15) is 26.7 Å². The van der Waals surface area contributed by atoms with Crippen LogP contribution < -0.4 is 32.7 Å². The van der Waals surface area contributed by atoms with E-state index in [0.29, 0.717) is 48.7 Å². The van der Waals surface area contributed by atoms with Gasteiger partial charge in [-0.05, 0) is 26.7 Å². The van der Waals surface area contributed by atoms with Crippen LogP contribution in [-0.2, 0) is 38.1 Å². The highest BCUT2D eigenvalue weighted by Gasteiger charge is 2.74. The third-order valence-corrected chi connectivity index (χ3v) is 16.4. The Morgan fingerprint density at radius 1 is 0.714 bits per heavy atom. The third kappa shape index (κ3) is 5.18. The molecule has 20 heteroatoms. The number of ether oxygens (including phenoxy) is 4. The van der Waals surface area contributed by atoms with Crippen molar-refractivity contribution in [2.45, 2.75) is 72.8 Å². The molecule has 0 saturated carbocycles. The lowest BCUT2D eigenvalue weighted by Gasteiger charge is -2.39. The molecule has 2 unspecified atom stereocenters. The molecule has 0 aromatic rings. The highest BCUT2D eigenvalue weighted by Crippen LogP contribution is 2.57. The molecular formula is C36H44N8O10S2. The summed E-state index contributed by atoms with van der Waals surface area (Å²) in [6.45, 7) is 4.73. The van der Waals surface area contributed by atoms with Crippen LogP contribution in [0, 0.1) is 11.8 Å². The SMILES string of the molecule is CO[C@@]12[C@H](COC(N)=O)C3=C(C(=O)C(C)=C(NCC4CCC(CNC5=C(C)C(=O)C6=C(C5=O)[C@@H](COC(N)=O)[C@@]5(OC)[C@H]7N[C@H]7CN65)SS4)C3=O)N1C[C@@H]1N[C@@H]12. The number of nitrogens with two attached hydrogens (primary N) is 2. The van der Waals surface area contributed by atoms with Gasteiger partial charge in [-0.3, -0.25) is 19.2 Å². The zero-order valence-electron chi connectivity index (χ0n) is 31.2. The molecule has 56 heavy (non-hydrogen) atoms. The standard InChI is InChI=1S/C36H44N8O10S2/c1-13-23(29(47)21-17(11-53-33(37)49)35(51-3)31-19(41-31)9-43(35)25(21)27(13)45)39-7-15-5-6-16(56-55-15)8-40-24-14(2)28(46)26-22(30(24)48)18(12-54-34(38)50)36(52-4)32-20(42-32)10-44(26)36/h15-20,31-32,39-42H,5-12H2,1-4H3,(H2,37,49)(H2,38,50)/t15?,16?,17-,18-,19+,20+,31+,32+,35-,36-/m1/s1. The third-order valence-electron chi connectivity index (χ3n) is 13.0. The number of primary amides is 2. The molecule has 18 nitrogen and oxygen atoms in total. The number of hydrogen-bond acceptors (Lipinski definition) is 18. The number of nitrogens with one attached hydrogen (secondary N) is 4. The Hall–Kier alpha value is -4.08. The summed E-state index contributed by atoms with van der Waals surface area (Å²) < 4.78 is 22.6. The number of carbonyl (C=O) groups is 6. The lowest BCUT2D eigenvalue weighted by molar-refractivity contribution is -0.137. The molecule has 0 aromatic heterocycles. The van der Waals surface area contributed by atoms with E-state index < -0.39 is 35.5 Å². The monoisotopic (exact) mass is 812 g/mol. The van der Waals surface area contributed by atoms with Crippen molar-refractivity contribution in [2.24, 2.45) is 23.3 Å². The van der Waals surface area contributed by atoms with Crippen molar-refractivity contribution < 1.29 is 47.7 Å². The molecule has 0 aromatic carbocycles. The molecule has 7 aliphatic heterocycles. The molecule has 8 N–H and O–H groups in total. The topological polar surface area (TPSA) is 266 Å². The molecule has 5 saturated heterocycles. The van der Waals surface area contributed by atoms with Crippen LogP contribution in [0.5, 0.6) is 0 Å². The molecule has 9 rings (SSSR count). The molecule has 10 atom stereocenters. The fraction of sp³-hybridized carbons (Fsp3) is 0.611. The Balaban J connectivity index is 0.834. The number of rotatable bonds is 12. The normalized spacial score (nSPS) is 37.7. The average Bonchev–Trinajstić information content (AvgIpc) is 4.01. The van der Waals surface area contributed by atoms with Gasteiger partial charge in [-0.2, -0.15) is 0 Å². The fourth-order valence-corrected chi connectivity index (χ4v) is 13.3. The maximum Gasteiger partial charge on any atom is 0.404 e. The van der Waals surface area contributed by atoms with Crippen molar-refractivity contribution in [1.29, 1.82) is 0 Å². The average molecular weight is 813 g/mol. The molecule has 0 bridgehead atoms. The van der Waals surface area contributed by atoms with Crippen LogP contribution in [0.15, 0.2) is 45.1 Å². The summed E-state index contributed by atoms with van der Waals surface area (Å²) in [5.41, 5.74) is 10.8. The highest BCUT2D eigenvalue weighted by molar-refractivity contribution is 8.77. The van der Waals surface area contributed by atoms with Crippen molar-refractivity contribution >= 4 is 56.9 Å². The summed E-state index contributed by atoms with van der Waals surface area (Å²) in [5, 5.41) is 13.5. The number of Topliss-reactive ketones (excluding diaryl/α,β-unsaturated/α-hetero) is 4. The van der Waals surface area contributed by atoms with E-state index in [9.17, 15) is 28.8 Å². The summed E-state index contributed by atoms with van der Waals surface area (Å²) in [4.78, 5) is 83.2. The number of fused-ring (bicyclic) bond motifs is 8. The predicted molar refractivity (Wildman–Crippen MR) is 200 cm³/mol. The first-order valence-corrected chi connectivity index (χ1v) is 21.0. The van der Waals surface area contributed by atoms with Gasteiger partial charge in [0.15, 0.2) is 11.4 Å². The van der Waals surface area contributed by atoms with E-state index in [2.05, 4.69) is 21.3 Å². The van der Waals surface area contributed by atoms with E-state index in [0.717, 1.165) is 12.8 Å². The van der Waals surface area contributed by atoms with Gasteiger partial charge in [-0.25, -0.2) is 9.59 Å². The predicted octanol–water partition coefficient (Wildman–Crippen LogP) is -1.11. The Bertz CT molecular complexity index is 1870. The van der Waals surface area contributed by atoms with Crippen LogP contribution >= 0.6 is 21.6 Å². The minimum absolute atomic E-state index is 0.0992. The van der Waals surface area contributed by atoms with Crippen molar-refractivity contribution in [3.05, 3.63) is 45.1 Å². The van der Waals surface area contributed by atoms with Crippen molar-refractivity contribution in [1.82, 2.24) is 31.1 Å². The van der Waals surface area contributed by atoms with Crippen LogP contribution in [0.3, 0.4) is 0 Å². The first-order chi connectivity index (χ1) is 26.8. The highest BCUT2D eigenvalue weighted by atomic mass is 33.1. The lowest BCUT2D eigenvalue weighted by atomic mass is 9.82. The first-order valence-electron chi connectivity index (χ1n) is 18.7. The number of methoxy groups -OCH3 is 2. The van der Waals surface area contributed by atoms with E-state index in [4.69, 9.17) is 30.4 Å². The van der Waals surface area contributed by atoms with Crippen molar-refractivity contribution in [3.8, 4) is 0 Å². The van der Waals surface area contributed by atoms with Crippen LogP contribution in [0.2, 0.25) is 0 Å². The van der Waals surface area contributed by atoms with E-state index in [1.165, 1.54) is 14.2 Å². The minimum Gasteiger partial charge on any atom is -0.449 e. The molecule has 5 fully saturated rings. The number of allylic oxidation sites excluding steroid dienone is 4. The van der Waals surface area contributed by atoms with Gasteiger partial charge in [-0.15, -0.1) is 0 Å². The molecule has 9 aliphatic rings. The molecule has 0 spiro atoms. The second-order valence-electron chi connectivity index (χ2n) is 15.6. The van der Waals surface area contributed by atoms with Gasteiger partial charge >= 0.3 is 12.2 Å². The largest absolute Gasteiger partial charge is 0.449 e. The molecule has 300 valence electrons. The van der Waals surface area contributed by atoms with Crippen LogP contribution in [-0.4, -0.2) is 145 Å². The smallest absolute Gasteiger partial charge is 0.404 e. The van der Waals surface area contributed by atoms with Crippen molar-refractivity contribution in [2.75, 3.05) is 53.6 Å². The molecule has 2 aliphatic carbocycles. The van der Waals surface area contributed by atoms with Gasteiger partial charge in [0, 0.05) is 85.3 Å². The summed E-state index contributed by atoms with van der Waals surface area (Å²) >= 11 is 0. The van der Waals surface area contributed by atoms with Gasteiger partial charge in [0.05, 0.1) is 46.7 Å². The zero-order chi connectivity index (χ0) is 39.6. The van der Waals surface area contributed by atoms with E-state index in [-0.39, 0.29) is 93.6 Å². The summed E-state index contributed by atoms with van der Waals surface area (Å²) in [5.74, 6) is -2.60. The second kappa shape index (κ2) is 13.2. The quantitative estimate of drug-likeness (QED) is 0.0775. The minimum atomic E-state index is -1.05. The van der Waals surface area contributed by atoms with Crippen LogP contribution in [0.4, 0.5) is 9.59 Å². The maximum absolute atomic E-state index is 14.2. The number of piperazine rings is 2. The fourth-order valence-electron chi connectivity index (χ4n) is 10.3. The molecule has 0 radical (unpaired) electrons.